The normalized spacial score (nSPS) is 10.0. The molecule has 1 amide bonds. The number of thioether (sulfide) groups is 1. The van der Waals surface area contributed by atoms with Crippen molar-refractivity contribution in [1.82, 2.24) is 5.32 Å². The van der Waals surface area contributed by atoms with Crippen molar-refractivity contribution in [3.63, 3.8) is 0 Å². The van der Waals surface area contributed by atoms with Gasteiger partial charge in [0.25, 0.3) is 0 Å². The van der Waals surface area contributed by atoms with Crippen molar-refractivity contribution in [2.45, 2.75) is 24.2 Å². The van der Waals surface area contributed by atoms with Gasteiger partial charge in [-0.25, -0.2) is 0 Å². The minimum Gasteiger partial charge on any atom is -0.399 e. The summed E-state index contributed by atoms with van der Waals surface area (Å²) in [5.41, 5.74) is 7.34. The van der Waals surface area contributed by atoms with Crippen LogP contribution in [0.2, 0.25) is 0 Å². The van der Waals surface area contributed by atoms with E-state index in [1.54, 1.807) is 0 Å². The van der Waals surface area contributed by atoms with E-state index in [0.717, 1.165) is 40.9 Å². The van der Waals surface area contributed by atoms with Gasteiger partial charge in [-0.2, -0.15) is 0 Å². The monoisotopic (exact) mass is 428 g/mol. The van der Waals surface area contributed by atoms with E-state index in [0.29, 0.717) is 6.42 Å². The Bertz CT molecular complexity index is 637. The summed E-state index contributed by atoms with van der Waals surface area (Å²) in [4.78, 5) is 13.1. The fourth-order valence-corrected chi connectivity index (χ4v) is 3.66. The summed E-state index contributed by atoms with van der Waals surface area (Å²) in [5.74, 6) is 1.12. The molecule has 6 heteroatoms. The number of rotatable bonds is 8. The lowest BCUT2D eigenvalue weighted by Crippen LogP contribution is -2.26. The van der Waals surface area contributed by atoms with Gasteiger partial charge in [0, 0.05) is 21.6 Å². The Morgan fingerprint density at radius 3 is 2.50 bits per heavy atom. The molecule has 2 aromatic carbocycles. The van der Waals surface area contributed by atoms with Crippen LogP contribution in [0.5, 0.6) is 0 Å². The smallest absolute Gasteiger partial charge is 0.224 e. The highest BCUT2D eigenvalue weighted by Crippen LogP contribution is 2.27. The number of carbonyl (C=O) groups excluding carboxylic acids is 1. The van der Waals surface area contributed by atoms with Crippen LogP contribution >= 0.6 is 40.1 Å². The fourth-order valence-electron chi connectivity index (χ4n) is 2.08. The molecule has 0 unspecified atom stereocenters. The van der Waals surface area contributed by atoms with Crippen molar-refractivity contribution in [2.24, 2.45) is 0 Å². The van der Waals surface area contributed by atoms with Crippen molar-refractivity contribution in [3.05, 3.63) is 58.6 Å². The Kier molecular flexibility index (Phi) is 9.91. The standard InChI is InChI=1S/C18H21BrN2OS.ClH/c19-16-5-1-2-6-17(16)23-12-4-3-11-21-18(22)13-14-7-9-15(20)10-8-14;/h1-2,5-10H,3-4,11-13,20H2,(H,21,22);1H. The van der Waals surface area contributed by atoms with Gasteiger partial charge in [-0.05, 0) is 64.4 Å². The van der Waals surface area contributed by atoms with E-state index in [9.17, 15) is 4.79 Å². The van der Waals surface area contributed by atoms with Crippen LogP contribution in [0.15, 0.2) is 57.9 Å². The highest BCUT2D eigenvalue weighted by atomic mass is 79.9. The first-order valence-electron chi connectivity index (χ1n) is 7.63. The molecule has 0 saturated carbocycles. The molecule has 0 atom stereocenters. The molecular formula is C18H22BrClN2OS. The molecule has 0 spiro atoms. The van der Waals surface area contributed by atoms with Crippen LogP contribution in [0.1, 0.15) is 18.4 Å². The molecule has 0 aliphatic rings. The molecule has 0 aliphatic heterocycles. The number of benzene rings is 2. The number of nitrogens with one attached hydrogen (secondary N) is 1. The lowest BCUT2D eigenvalue weighted by molar-refractivity contribution is -0.120. The second-order valence-corrected chi connectivity index (χ2v) is 7.25. The first kappa shape index (κ1) is 20.9. The second-order valence-electron chi connectivity index (χ2n) is 5.25. The van der Waals surface area contributed by atoms with Crippen LogP contribution in [0, 0.1) is 0 Å². The van der Waals surface area contributed by atoms with Crippen LogP contribution in [0.4, 0.5) is 5.69 Å². The summed E-state index contributed by atoms with van der Waals surface area (Å²) in [5, 5.41) is 2.97. The molecule has 0 aliphatic carbocycles. The fraction of sp³-hybridized carbons (Fsp3) is 0.278. The predicted molar refractivity (Wildman–Crippen MR) is 109 cm³/mol. The molecule has 2 rings (SSSR count). The van der Waals surface area contributed by atoms with Crippen LogP contribution in [0.25, 0.3) is 0 Å². The molecule has 0 bridgehead atoms. The third-order valence-corrected chi connectivity index (χ3v) is 5.45. The number of anilines is 1. The maximum Gasteiger partial charge on any atom is 0.224 e. The zero-order chi connectivity index (χ0) is 16.5. The van der Waals surface area contributed by atoms with Gasteiger partial charge in [-0.15, -0.1) is 24.2 Å². The summed E-state index contributed by atoms with van der Waals surface area (Å²) in [6.07, 6.45) is 2.48. The lowest BCUT2D eigenvalue weighted by Gasteiger charge is -2.06. The molecule has 24 heavy (non-hydrogen) atoms. The summed E-state index contributed by atoms with van der Waals surface area (Å²) in [6.45, 7) is 0.727. The van der Waals surface area contributed by atoms with E-state index in [2.05, 4.69) is 33.4 Å². The van der Waals surface area contributed by atoms with Crippen LogP contribution < -0.4 is 11.1 Å². The number of halogens is 2. The Balaban J connectivity index is 0.00000288. The lowest BCUT2D eigenvalue weighted by atomic mass is 10.1. The van der Waals surface area contributed by atoms with E-state index >= 15 is 0 Å². The number of hydrogen-bond donors (Lipinski definition) is 2. The number of nitrogen functional groups attached to an aromatic ring is 1. The van der Waals surface area contributed by atoms with Crippen LogP contribution in [-0.4, -0.2) is 18.2 Å². The number of carbonyl (C=O) groups is 1. The first-order chi connectivity index (χ1) is 11.1. The van der Waals surface area contributed by atoms with Gasteiger partial charge in [-0.3, -0.25) is 4.79 Å². The van der Waals surface area contributed by atoms with Crippen molar-refractivity contribution in [2.75, 3.05) is 18.0 Å². The van der Waals surface area contributed by atoms with Gasteiger partial charge in [0.2, 0.25) is 5.91 Å². The predicted octanol–water partition coefficient (Wildman–Crippen LogP) is 4.68. The third-order valence-electron chi connectivity index (χ3n) is 3.33. The Labute approximate surface area is 162 Å². The van der Waals surface area contributed by atoms with E-state index < -0.39 is 0 Å². The van der Waals surface area contributed by atoms with Crippen LogP contribution in [-0.2, 0) is 11.2 Å². The Hall–Kier alpha value is -1.17. The van der Waals surface area contributed by atoms with Gasteiger partial charge in [0.1, 0.15) is 0 Å². The van der Waals surface area contributed by atoms with Crippen molar-refractivity contribution in [3.8, 4) is 0 Å². The molecule has 0 fully saturated rings. The molecule has 0 aromatic heterocycles. The molecular weight excluding hydrogens is 408 g/mol. The van der Waals surface area contributed by atoms with Gasteiger partial charge < -0.3 is 11.1 Å². The SMILES string of the molecule is Cl.Nc1ccc(CC(=O)NCCCCSc2ccccc2Br)cc1. The zero-order valence-electron chi connectivity index (χ0n) is 13.3. The second kappa shape index (κ2) is 11.4. The van der Waals surface area contributed by atoms with Crippen molar-refractivity contribution < 1.29 is 4.79 Å². The number of amides is 1. The third kappa shape index (κ3) is 7.60. The molecule has 3 N–H and O–H groups in total. The Morgan fingerprint density at radius 2 is 1.79 bits per heavy atom. The number of hydrogen-bond acceptors (Lipinski definition) is 3. The minimum atomic E-state index is 0. The molecule has 0 heterocycles. The zero-order valence-corrected chi connectivity index (χ0v) is 16.6. The molecule has 0 saturated heterocycles. The van der Waals surface area contributed by atoms with Crippen LogP contribution in [0.3, 0.4) is 0 Å². The summed E-state index contributed by atoms with van der Waals surface area (Å²) < 4.78 is 1.14. The highest BCUT2D eigenvalue weighted by molar-refractivity contribution is 9.10. The average Bonchev–Trinajstić information content (AvgIpc) is 2.54. The van der Waals surface area contributed by atoms with Gasteiger partial charge in [0.15, 0.2) is 0 Å². The topological polar surface area (TPSA) is 55.1 Å². The average molecular weight is 430 g/mol. The Morgan fingerprint density at radius 1 is 1.08 bits per heavy atom. The molecule has 130 valence electrons. The maximum absolute atomic E-state index is 11.8. The maximum atomic E-state index is 11.8. The van der Waals surface area contributed by atoms with Gasteiger partial charge in [0.05, 0.1) is 6.42 Å². The highest BCUT2D eigenvalue weighted by Gasteiger charge is 2.03. The molecule has 3 nitrogen and oxygen atoms in total. The quantitative estimate of drug-likeness (QED) is 0.364. The van der Waals surface area contributed by atoms with E-state index in [1.807, 2.05) is 48.2 Å². The van der Waals surface area contributed by atoms with Crippen molar-refractivity contribution >= 4 is 51.7 Å². The minimum absolute atomic E-state index is 0. The molecule has 2 aromatic rings. The summed E-state index contributed by atoms with van der Waals surface area (Å²) in [6, 6.07) is 15.7. The first-order valence-corrected chi connectivity index (χ1v) is 9.41. The van der Waals surface area contributed by atoms with E-state index in [4.69, 9.17) is 5.73 Å². The van der Waals surface area contributed by atoms with Gasteiger partial charge in [-0.1, -0.05) is 24.3 Å². The number of nitrogens with two attached hydrogens (primary N) is 1. The molecule has 0 radical (unpaired) electrons. The van der Waals surface area contributed by atoms with Crippen molar-refractivity contribution in [1.29, 1.82) is 0 Å². The van der Waals surface area contributed by atoms with E-state index in [1.165, 1.54) is 4.90 Å². The summed E-state index contributed by atoms with van der Waals surface area (Å²) in [7, 11) is 0. The largest absolute Gasteiger partial charge is 0.399 e. The summed E-state index contributed by atoms with van der Waals surface area (Å²) >= 11 is 5.39. The van der Waals surface area contributed by atoms with Gasteiger partial charge >= 0.3 is 0 Å². The van der Waals surface area contributed by atoms with E-state index in [-0.39, 0.29) is 18.3 Å². The number of unbranched alkanes of at least 4 members (excludes halogenated alkanes) is 1.